The highest BCUT2D eigenvalue weighted by Crippen LogP contribution is 2.36. The lowest BCUT2D eigenvalue weighted by atomic mass is 10.00. The lowest BCUT2D eigenvalue weighted by molar-refractivity contribution is 0.628. The zero-order chi connectivity index (χ0) is 18.2. The summed E-state index contributed by atoms with van der Waals surface area (Å²) in [5.74, 6) is -0.248. The van der Waals surface area contributed by atoms with Crippen molar-refractivity contribution in [2.24, 2.45) is 0 Å². The van der Waals surface area contributed by atoms with Gasteiger partial charge in [0.05, 0.1) is 5.52 Å². The van der Waals surface area contributed by atoms with E-state index in [1.54, 1.807) is 24.5 Å². The summed E-state index contributed by atoms with van der Waals surface area (Å²) in [6, 6.07) is 15.2. The predicted molar refractivity (Wildman–Crippen MR) is 104 cm³/mol. The van der Waals surface area contributed by atoms with E-state index in [-0.39, 0.29) is 5.82 Å². The first-order valence-electron chi connectivity index (χ1n) is 9.21. The van der Waals surface area contributed by atoms with Crippen molar-refractivity contribution in [2.45, 2.75) is 18.9 Å². The Morgan fingerprint density at radius 2 is 1.78 bits per heavy atom. The summed E-state index contributed by atoms with van der Waals surface area (Å²) in [7, 11) is 0. The molecule has 1 aliphatic heterocycles. The molecule has 0 bridgehead atoms. The third kappa shape index (κ3) is 2.90. The molecule has 1 saturated heterocycles. The number of aromatic nitrogens is 3. The van der Waals surface area contributed by atoms with E-state index in [9.17, 15) is 4.39 Å². The maximum Gasteiger partial charge on any atom is 0.123 e. The zero-order valence-corrected chi connectivity index (χ0v) is 14.8. The van der Waals surface area contributed by atoms with E-state index in [0.717, 1.165) is 40.9 Å². The molecular weight excluding hydrogens is 339 g/mol. The average Bonchev–Trinajstić information content (AvgIpc) is 3.37. The largest absolute Gasteiger partial charge is 0.310 e. The van der Waals surface area contributed by atoms with E-state index in [1.807, 2.05) is 16.6 Å². The highest BCUT2D eigenvalue weighted by molar-refractivity contribution is 5.92. The van der Waals surface area contributed by atoms with Gasteiger partial charge >= 0.3 is 0 Å². The highest BCUT2D eigenvalue weighted by Gasteiger charge is 2.20. The minimum absolute atomic E-state index is 0.248. The van der Waals surface area contributed by atoms with Crippen molar-refractivity contribution in [1.82, 2.24) is 19.9 Å². The van der Waals surface area contributed by atoms with Gasteiger partial charge in [-0.05, 0) is 73.0 Å². The van der Waals surface area contributed by atoms with Crippen LogP contribution in [0.15, 0.2) is 67.1 Å². The first kappa shape index (κ1) is 16.1. The van der Waals surface area contributed by atoms with Crippen molar-refractivity contribution < 1.29 is 4.39 Å². The van der Waals surface area contributed by atoms with E-state index < -0.39 is 0 Å². The molecule has 1 atom stereocenters. The smallest absolute Gasteiger partial charge is 0.123 e. The Balaban J connectivity index is 1.72. The maximum absolute atomic E-state index is 13.4. The van der Waals surface area contributed by atoms with Crippen LogP contribution in [-0.4, -0.2) is 21.1 Å². The van der Waals surface area contributed by atoms with Gasteiger partial charge in [-0.1, -0.05) is 6.07 Å². The average molecular weight is 358 g/mol. The lowest BCUT2D eigenvalue weighted by Gasteiger charge is -2.10. The quantitative estimate of drug-likeness (QED) is 0.581. The van der Waals surface area contributed by atoms with E-state index in [0.29, 0.717) is 6.04 Å². The molecule has 1 N–H and O–H groups in total. The van der Waals surface area contributed by atoms with Crippen molar-refractivity contribution in [1.29, 1.82) is 0 Å². The lowest BCUT2D eigenvalue weighted by Crippen LogP contribution is -2.13. The van der Waals surface area contributed by atoms with Gasteiger partial charge in [0, 0.05) is 35.8 Å². The van der Waals surface area contributed by atoms with Crippen LogP contribution in [0.3, 0.4) is 0 Å². The number of fused-ring (bicyclic) bond motifs is 1. The second-order valence-corrected chi connectivity index (χ2v) is 6.91. The molecule has 0 unspecified atom stereocenters. The normalized spacial score (nSPS) is 16.9. The molecule has 4 aromatic rings. The van der Waals surface area contributed by atoms with Crippen molar-refractivity contribution in [3.63, 3.8) is 0 Å². The zero-order valence-electron chi connectivity index (χ0n) is 14.8. The molecular formula is C22H19FN4. The SMILES string of the molecule is Fc1ccc(-c2nn3cc([C@@H]4CCCN4)ccc3c2-c2ccncc2)cc1. The molecule has 1 fully saturated rings. The second-order valence-electron chi connectivity index (χ2n) is 6.91. The van der Waals surface area contributed by atoms with Gasteiger partial charge in [-0.3, -0.25) is 4.98 Å². The van der Waals surface area contributed by atoms with Gasteiger partial charge in [-0.2, -0.15) is 5.10 Å². The number of nitrogens with zero attached hydrogens (tertiary/aromatic N) is 3. The van der Waals surface area contributed by atoms with Crippen LogP contribution in [0.5, 0.6) is 0 Å². The first-order valence-corrected chi connectivity index (χ1v) is 9.21. The van der Waals surface area contributed by atoms with Crippen LogP contribution >= 0.6 is 0 Å². The minimum atomic E-state index is -0.248. The summed E-state index contributed by atoms with van der Waals surface area (Å²) in [6.45, 7) is 1.06. The number of rotatable bonds is 3. The molecule has 1 aromatic carbocycles. The fourth-order valence-electron chi connectivity index (χ4n) is 3.85. The van der Waals surface area contributed by atoms with Crippen molar-refractivity contribution in [3.05, 3.63) is 78.5 Å². The number of pyridine rings is 2. The summed E-state index contributed by atoms with van der Waals surface area (Å²) in [4.78, 5) is 4.13. The molecule has 5 rings (SSSR count). The standard InChI is InChI=1S/C22H19FN4/c23-18-6-3-16(4-7-18)22-21(15-9-12-24-13-10-15)20-8-5-17(14-27(20)26-22)19-2-1-11-25-19/h3-10,12-14,19,25H,1-2,11H2/t19-/m0/s1. The predicted octanol–water partition coefficient (Wildman–Crippen LogP) is 4.63. The molecule has 0 saturated carbocycles. The molecule has 0 amide bonds. The summed E-state index contributed by atoms with van der Waals surface area (Å²) in [5, 5.41) is 8.40. The van der Waals surface area contributed by atoms with Crippen LogP contribution in [0.4, 0.5) is 4.39 Å². The summed E-state index contributed by atoms with van der Waals surface area (Å²) in [6.07, 6.45) is 8.02. The van der Waals surface area contributed by atoms with Crippen molar-refractivity contribution in [2.75, 3.05) is 6.54 Å². The Kier molecular flexibility index (Phi) is 3.94. The second kappa shape index (κ2) is 6.59. The Bertz CT molecular complexity index is 1080. The number of halogens is 1. The van der Waals surface area contributed by atoms with E-state index >= 15 is 0 Å². The Labute approximate surface area is 156 Å². The minimum Gasteiger partial charge on any atom is -0.310 e. The fourth-order valence-corrected chi connectivity index (χ4v) is 3.85. The summed E-state index contributed by atoms with van der Waals surface area (Å²) >= 11 is 0. The molecule has 27 heavy (non-hydrogen) atoms. The Morgan fingerprint density at radius 3 is 2.52 bits per heavy atom. The molecule has 4 heterocycles. The number of hydrogen-bond donors (Lipinski definition) is 1. The maximum atomic E-state index is 13.4. The van der Waals surface area contributed by atoms with Gasteiger partial charge in [-0.15, -0.1) is 0 Å². The summed E-state index contributed by atoms with van der Waals surface area (Å²) in [5.41, 5.74) is 6.10. The number of hydrogen-bond acceptors (Lipinski definition) is 3. The third-order valence-corrected chi connectivity index (χ3v) is 5.20. The van der Waals surface area contributed by atoms with Crippen LogP contribution in [0.25, 0.3) is 27.9 Å². The van der Waals surface area contributed by atoms with Crippen LogP contribution in [0, 0.1) is 5.82 Å². The molecule has 3 aromatic heterocycles. The third-order valence-electron chi connectivity index (χ3n) is 5.20. The van der Waals surface area contributed by atoms with Gasteiger partial charge in [0.25, 0.3) is 0 Å². The Morgan fingerprint density at radius 1 is 0.963 bits per heavy atom. The monoisotopic (exact) mass is 358 g/mol. The summed E-state index contributed by atoms with van der Waals surface area (Å²) < 4.78 is 15.4. The van der Waals surface area contributed by atoms with Gasteiger partial charge < -0.3 is 5.32 Å². The topological polar surface area (TPSA) is 42.2 Å². The van der Waals surface area contributed by atoms with Gasteiger partial charge in [0.15, 0.2) is 0 Å². The highest BCUT2D eigenvalue weighted by atomic mass is 19.1. The van der Waals surface area contributed by atoms with Gasteiger partial charge in [-0.25, -0.2) is 8.91 Å². The molecule has 134 valence electrons. The van der Waals surface area contributed by atoms with Crippen LogP contribution in [-0.2, 0) is 0 Å². The van der Waals surface area contributed by atoms with Crippen molar-refractivity contribution >= 4 is 5.52 Å². The number of nitrogens with one attached hydrogen (secondary N) is 1. The molecule has 1 aliphatic rings. The molecule has 4 nitrogen and oxygen atoms in total. The fraction of sp³-hybridized carbons (Fsp3) is 0.182. The number of benzene rings is 1. The van der Waals surface area contributed by atoms with Crippen LogP contribution in [0.1, 0.15) is 24.4 Å². The van der Waals surface area contributed by atoms with E-state index in [2.05, 4.69) is 28.6 Å². The van der Waals surface area contributed by atoms with Gasteiger partial charge in [0.1, 0.15) is 11.5 Å². The van der Waals surface area contributed by atoms with E-state index in [4.69, 9.17) is 5.10 Å². The first-order chi connectivity index (χ1) is 13.3. The van der Waals surface area contributed by atoms with Crippen LogP contribution < -0.4 is 5.32 Å². The Hall–Kier alpha value is -3.05. The van der Waals surface area contributed by atoms with Crippen LogP contribution in [0.2, 0.25) is 0 Å². The van der Waals surface area contributed by atoms with Gasteiger partial charge in [0.2, 0.25) is 0 Å². The molecule has 5 heteroatoms. The molecule has 0 aliphatic carbocycles. The van der Waals surface area contributed by atoms with Crippen molar-refractivity contribution in [3.8, 4) is 22.4 Å². The molecule has 0 spiro atoms. The van der Waals surface area contributed by atoms with E-state index in [1.165, 1.54) is 24.1 Å². The molecule has 0 radical (unpaired) electrons.